The molecule has 39 heavy (non-hydrogen) atoms. The minimum atomic E-state index is -0.427. The lowest BCUT2D eigenvalue weighted by Gasteiger charge is -2.47. The zero-order valence-electron chi connectivity index (χ0n) is 21.1. The molecule has 0 saturated carbocycles. The first-order valence-electron chi connectivity index (χ1n) is 13.5. The summed E-state index contributed by atoms with van der Waals surface area (Å²) in [7, 11) is 0. The van der Waals surface area contributed by atoms with Crippen LogP contribution in [0.15, 0.2) is 149 Å². The topological polar surface area (TPSA) is 3.24 Å². The highest BCUT2D eigenvalue weighted by Crippen LogP contribution is 2.67. The molecule has 1 aliphatic carbocycles. The van der Waals surface area contributed by atoms with Gasteiger partial charge in [0.25, 0.3) is 0 Å². The summed E-state index contributed by atoms with van der Waals surface area (Å²) in [6, 6.07) is 51.7. The molecular formula is C37H23NS. The van der Waals surface area contributed by atoms with Crippen molar-refractivity contribution in [2.75, 3.05) is 4.90 Å². The Balaban J connectivity index is 1.49. The van der Waals surface area contributed by atoms with Crippen LogP contribution in [-0.4, -0.2) is 0 Å². The molecule has 3 aliphatic rings. The van der Waals surface area contributed by atoms with Gasteiger partial charge in [0.2, 0.25) is 0 Å². The summed E-state index contributed by atoms with van der Waals surface area (Å²) in [5, 5.41) is 0. The molecule has 6 aromatic rings. The number of hydrogen-bond donors (Lipinski definition) is 0. The number of benzene rings is 6. The highest BCUT2D eigenvalue weighted by molar-refractivity contribution is 7.99. The van der Waals surface area contributed by atoms with Crippen LogP contribution >= 0.6 is 11.8 Å². The molecule has 2 heteroatoms. The van der Waals surface area contributed by atoms with Crippen molar-refractivity contribution in [3.8, 4) is 22.3 Å². The maximum Gasteiger partial charge on any atom is 0.0760 e. The molecule has 2 heterocycles. The number of para-hydroxylation sites is 3. The average molecular weight is 514 g/mol. The first-order chi connectivity index (χ1) is 19.4. The van der Waals surface area contributed by atoms with Gasteiger partial charge in [-0.15, -0.1) is 0 Å². The fraction of sp³-hybridized carbons (Fsp3) is 0.0270. The van der Waals surface area contributed by atoms with E-state index < -0.39 is 5.41 Å². The average Bonchev–Trinajstić information content (AvgIpc) is 3.31. The van der Waals surface area contributed by atoms with Crippen molar-refractivity contribution in [1.82, 2.24) is 0 Å². The van der Waals surface area contributed by atoms with E-state index in [0.29, 0.717) is 0 Å². The van der Waals surface area contributed by atoms with Crippen molar-refractivity contribution in [1.29, 1.82) is 0 Å². The third-order valence-electron chi connectivity index (χ3n) is 8.65. The summed E-state index contributed by atoms with van der Waals surface area (Å²) in [4.78, 5) is 5.12. The van der Waals surface area contributed by atoms with Gasteiger partial charge in [-0.2, -0.15) is 0 Å². The second-order valence-corrected chi connectivity index (χ2v) is 11.5. The monoisotopic (exact) mass is 513 g/mol. The molecule has 0 fully saturated rings. The lowest BCUT2D eigenvalue weighted by Crippen LogP contribution is -2.37. The molecule has 0 aromatic heterocycles. The van der Waals surface area contributed by atoms with Gasteiger partial charge in [-0.3, -0.25) is 0 Å². The molecule has 0 radical (unpaired) electrons. The Bertz CT molecular complexity index is 1960. The number of rotatable bonds is 1. The molecular weight excluding hydrogens is 490 g/mol. The zero-order valence-corrected chi connectivity index (χ0v) is 22.0. The molecule has 9 rings (SSSR count). The predicted molar refractivity (Wildman–Crippen MR) is 162 cm³/mol. The highest BCUT2D eigenvalue weighted by atomic mass is 32.2. The standard InChI is InChI=1S/C37H23NS/c1-2-12-24(13-3-1)25-15-10-16-27-26-14-4-5-17-28(26)37(35(25)27)29-18-6-7-20-31(29)38-32-21-8-9-22-33(32)39-34-23-11-19-30(37)36(34)38/h1-23H/t37-/m0/s1. The van der Waals surface area contributed by atoms with E-state index in [9.17, 15) is 0 Å². The van der Waals surface area contributed by atoms with Gasteiger partial charge in [-0.05, 0) is 68.8 Å². The van der Waals surface area contributed by atoms with Crippen LogP contribution in [-0.2, 0) is 5.41 Å². The molecule has 1 atom stereocenters. The number of fused-ring (bicyclic) bond motifs is 11. The van der Waals surface area contributed by atoms with Crippen molar-refractivity contribution < 1.29 is 0 Å². The van der Waals surface area contributed by atoms with Gasteiger partial charge in [-0.1, -0.05) is 127 Å². The summed E-state index contributed by atoms with van der Waals surface area (Å²) >= 11 is 1.89. The maximum absolute atomic E-state index is 2.52. The van der Waals surface area contributed by atoms with Crippen molar-refractivity contribution in [2.45, 2.75) is 15.2 Å². The van der Waals surface area contributed by atoms with Gasteiger partial charge in [0.15, 0.2) is 0 Å². The van der Waals surface area contributed by atoms with E-state index in [1.165, 1.54) is 71.4 Å². The first kappa shape index (κ1) is 21.4. The van der Waals surface area contributed by atoms with Gasteiger partial charge in [0.1, 0.15) is 0 Å². The summed E-state index contributed by atoms with van der Waals surface area (Å²) in [6.45, 7) is 0. The molecule has 1 nitrogen and oxygen atoms in total. The van der Waals surface area contributed by atoms with Gasteiger partial charge in [0, 0.05) is 9.79 Å². The zero-order chi connectivity index (χ0) is 25.6. The third kappa shape index (κ3) is 2.62. The second-order valence-electron chi connectivity index (χ2n) is 10.5. The fourth-order valence-corrected chi connectivity index (χ4v) is 8.36. The minimum Gasteiger partial charge on any atom is -0.308 e. The Morgan fingerprint density at radius 2 is 1.05 bits per heavy atom. The van der Waals surface area contributed by atoms with E-state index in [1.807, 2.05) is 11.8 Å². The predicted octanol–water partition coefficient (Wildman–Crippen LogP) is 9.96. The van der Waals surface area contributed by atoms with Crippen LogP contribution in [0.4, 0.5) is 17.1 Å². The Morgan fingerprint density at radius 3 is 1.95 bits per heavy atom. The number of hydrogen-bond acceptors (Lipinski definition) is 2. The van der Waals surface area contributed by atoms with Gasteiger partial charge in [0.05, 0.1) is 22.5 Å². The number of nitrogens with zero attached hydrogens (tertiary/aromatic N) is 1. The van der Waals surface area contributed by atoms with E-state index in [0.717, 1.165) is 0 Å². The Morgan fingerprint density at radius 1 is 0.436 bits per heavy atom. The van der Waals surface area contributed by atoms with E-state index in [-0.39, 0.29) is 0 Å². The summed E-state index contributed by atoms with van der Waals surface area (Å²) < 4.78 is 0. The van der Waals surface area contributed by atoms with Crippen LogP contribution in [0.2, 0.25) is 0 Å². The van der Waals surface area contributed by atoms with Gasteiger partial charge < -0.3 is 4.90 Å². The van der Waals surface area contributed by atoms with Crippen LogP contribution in [0, 0.1) is 0 Å². The van der Waals surface area contributed by atoms with Crippen LogP contribution < -0.4 is 4.90 Å². The van der Waals surface area contributed by atoms with E-state index >= 15 is 0 Å². The maximum atomic E-state index is 2.52. The normalized spacial score (nSPS) is 17.2. The Hall–Kier alpha value is -4.53. The van der Waals surface area contributed by atoms with Gasteiger partial charge in [-0.25, -0.2) is 0 Å². The molecule has 0 amide bonds. The quantitative estimate of drug-likeness (QED) is 0.215. The second kappa shape index (κ2) is 7.75. The van der Waals surface area contributed by atoms with Crippen molar-refractivity contribution >= 4 is 28.8 Å². The van der Waals surface area contributed by atoms with Crippen molar-refractivity contribution in [2.24, 2.45) is 0 Å². The summed E-state index contributed by atoms with van der Waals surface area (Å²) in [5.74, 6) is 0. The third-order valence-corrected chi connectivity index (χ3v) is 9.76. The van der Waals surface area contributed by atoms with Gasteiger partial charge >= 0.3 is 0 Å². The fourth-order valence-electron chi connectivity index (χ4n) is 7.26. The minimum absolute atomic E-state index is 0.427. The van der Waals surface area contributed by atoms with Crippen LogP contribution in [0.5, 0.6) is 0 Å². The van der Waals surface area contributed by atoms with E-state index in [1.54, 1.807) is 0 Å². The molecule has 6 aromatic carbocycles. The smallest absolute Gasteiger partial charge is 0.0760 e. The molecule has 182 valence electrons. The highest BCUT2D eigenvalue weighted by Gasteiger charge is 2.53. The first-order valence-corrected chi connectivity index (χ1v) is 14.3. The lowest BCUT2D eigenvalue weighted by molar-refractivity contribution is 0.748. The van der Waals surface area contributed by atoms with E-state index in [4.69, 9.17) is 0 Å². The van der Waals surface area contributed by atoms with Crippen molar-refractivity contribution in [3.63, 3.8) is 0 Å². The SMILES string of the molecule is c1ccc(-c2cccc3c2[C@@]2(c4ccccc4-3)c3ccccc3N3c4ccccc4Sc4cccc2c43)cc1. The largest absolute Gasteiger partial charge is 0.308 e. The molecule has 0 N–H and O–H groups in total. The molecule has 2 aliphatic heterocycles. The van der Waals surface area contributed by atoms with Crippen molar-refractivity contribution in [3.05, 3.63) is 162 Å². The van der Waals surface area contributed by atoms with Crippen LogP contribution in [0.25, 0.3) is 22.3 Å². The lowest BCUT2D eigenvalue weighted by atomic mass is 9.63. The molecule has 0 unspecified atom stereocenters. The number of anilines is 3. The van der Waals surface area contributed by atoms with E-state index in [2.05, 4.69) is 144 Å². The summed E-state index contributed by atoms with van der Waals surface area (Å²) in [5.41, 5.74) is 14.1. The van der Waals surface area contributed by atoms with Crippen LogP contribution in [0.1, 0.15) is 22.3 Å². The Kier molecular flexibility index (Phi) is 4.26. The van der Waals surface area contributed by atoms with Crippen LogP contribution in [0.3, 0.4) is 0 Å². The molecule has 1 spiro atoms. The molecule has 0 bridgehead atoms. The molecule has 0 saturated heterocycles. The Labute approximate surface area is 232 Å². The summed E-state index contributed by atoms with van der Waals surface area (Å²) in [6.07, 6.45) is 0.